The zero-order valence-electron chi connectivity index (χ0n) is 11.3. The van der Waals surface area contributed by atoms with Crippen LogP contribution in [0.4, 0.5) is 4.39 Å². The quantitative estimate of drug-likeness (QED) is 0.862. The van der Waals surface area contributed by atoms with E-state index in [0.717, 1.165) is 19.3 Å². The molecule has 0 radical (unpaired) electrons. The Bertz CT molecular complexity index is 487. The Morgan fingerprint density at radius 1 is 1.47 bits per heavy atom. The summed E-state index contributed by atoms with van der Waals surface area (Å²) in [6.45, 7) is 4.43. The minimum atomic E-state index is -0.484. The third-order valence-electron chi connectivity index (χ3n) is 3.72. The summed E-state index contributed by atoms with van der Waals surface area (Å²) in [4.78, 5) is 12.1. The first kappa shape index (κ1) is 14.5. The Morgan fingerprint density at radius 3 is 2.84 bits per heavy atom. The molecule has 0 aliphatic heterocycles. The number of carbonyl (C=O) groups excluding carboxylic acids is 1. The average molecular weight is 328 g/mol. The number of rotatable bonds is 2. The maximum absolute atomic E-state index is 13.7. The number of hydrogen-bond donors (Lipinski definition) is 1. The standard InChI is InChI=1S/C15H19BrFNO/c1-15(2)7-3-4-11(9-15)18-14(19)12-6-5-10(16)8-13(12)17/h5-6,8,11H,3-4,7,9H2,1-2H3,(H,18,19). The molecule has 1 atom stereocenters. The lowest BCUT2D eigenvalue weighted by Gasteiger charge is -2.35. The highest BCUT2D eigenvalue weighted by atomic mass is 79.9. The molecule has 0 heterocycles. The first-order valence-electron chi connectivity index (χ1n) is 6.63. The lowest BCUT2D eigenvalue weighted by Crippen LogP contribution is -2.40. The van der Waals surface area contributed by atoms with Gasteiger partial charge in [-0.25, -0.2) is 4.39 Å². The summed E-state index contributed by atoms with van der Waals surface area (Å²) in [6.07, 6.45) is 4.23. The molecule has 1 aromatic carbocycles. The van der Waals surface area contributed by atoms with E-state index in [1.165, 1.54) is 18.6 Å². The number of benzene rings is 1. The molecule has 2 rings (SSSR count). The topological polar surface area (TPSA) is 29.1 Å². The Hall–Kier alpha value is -0.900. The van der Waals surface area contributed by atoms with Gasteiger partial charge in [0.1, 0.15) is 5.82 Å². The number of halogens is 2. The molecule has 1 saturated carbocycles. The Morgan fingerprint density at radius 2 is 2.21 bits per heavy atom. The van der Waals surface area contributed by atoms with E-state index in [4.69, 9.17) is 0 Å². The van der Waals surface area contributed by atoms with Gasteiger partial charge in [-0.05, 0) is 42.9 Å². The van der Waals surface area contributed by atoms with E-state index in [-0.39, 0.29) is 22.9 Å². The zero-order chi connectivity index (χ0) is 14.0. The summed E-state index contributed by atoms with van der Waals surface area (Å²) in [5.74, 6) is -0.797. The fraction of sp³-hybridized carbons (Fsp3) is 0.533. The summed E-state index contributed by atoms with van der Waals surface area (Å²) >= 11 is 3.19. The molecule has 2 nitrogen and oxygen atoms in total. The molecule has 1 aliphatic carbocycles. The summed E-state index contributed by atoms with van der Waals surface area (Å²) in [5, 5.41) is 2.96. The second-order valence-electron chi connectivity index (χ2n) is 6.06. The van der Waals surface area contributed by atoms with Crippen LogP contribution in [0.25, 0.3) is 0 Å². The van der Waals surface area contributed by atoms with Crippen molar-refractivity contribution < 1.29 is 9.18 Å². The minimum Gasteiger partial charge on any atom is -0.349 e. The van der Waals surface area contributed by atoms with Crippen LogP contribution in [0.1, 0.15) is 49.9 Å². The van der Waals surface area contributed by atoms with Crippen LogP contribution in [0.5, 0.6) is 0 Å². The van der Waals surface area contributed by atoms with Gasteiger partial charge >= 0.3 is 0 Å². The van der Waals surface area contributed by atoms with Crippen LogP contribution in [-0.4, -0.2) is 11.9 Å². The highest BCUT2D eigenvalue weighted by Crippen LogP contribution is 2.35. The molecule has 19 heavy (non-hydrogen) atoms. The molecular weight excluding hydrogens is 309 g/mol. The van der Waals surface area contributed by atoms with Crippen molar-refractivity contribution in [3.05, 3.63) is 34.1 Å². The van der Waals surface area contributed by atoms with Gasteiger partial charge in [0.2, 0.25) is 0 Å². The third kappa shape index (κ3) is 3.78. The van der Waals surface area contributed by atoms with Gasteiger partial charge in [-0.3, -0.25) is 4.79 Å². The van der Waals surface area contributed by atoms with Crippen molar-refractivity contribution in [2.75, 3.05) is 0 Å². The Labute approximate surface area is 121 Å². The minimum absolute atomic E-state index is 0.117. The van der Waals surface area contributed by atoms with E-state index in [2.05, 4.69) is 35.1 Å². The zero-order valence-corrected chi connectivity index (χ0v) is 12.9. The van der Waals surface area contributed by atoms with Crippen molar-refractivity contribution in [3.63, 3.8) is 0 Å². The smallest absolute Gasteiger partial charge is 0.254 e. The Kier molecular flexibility index (Phi) is 4.29. The van der Waals surface area contributed by atoms with Crippen LogP contribution in [-0.2, 0) is 0 Å². The lowest BCUT2D eigenvalue weighted by molar-refractivity contribution is 0.0898. The fourth-order valence-corrected chi connectivity index (χ4v) is 3.09. The molecule has 1 aromatic rings. The van der Waals surface area contributed by atoms with Crippen LogP contribution in [0.2, 0.25) is 0 Å². The van der Waals surface area contributed by atoms with Gasteiger partial charge in [0.05, 0.1) is 5.56 Å². The predicted molar refractivity (Wildman–Crippen MR) is 77.6 cm³/mol. The SMILES string of the molecule is CC1(C)CCCC(NC(=O)c2ccc(Br)cc2F)C1. The molecule has 0 saturated heterocycles. The van der Waals surface area contributed by atoms with Crippen molar-refractivity contribution in [1.29, 1.82) is 0 Å². The van der Waals surface area contributed by atoms with Crippen LogP contribution in [0.3, 0.4) is 0 Å². The average Bonchev–Trinajstić information content (AvgIpc) is 2.27. The van der Waals surface area contributed by atoms with E-state index in [1.54, 1.807) is 6.07 Å². The predicted octanol–water partition coefficient (Wildman–Crippen LogP) is 4.29. The molecule has 4 heteroatoms. The largest absolute Gasteiger partial charge is 0.349 e. The van der Waals surface area contributed by atoms with Crippen molar-refractivity contribution in [1.82, 2.24) is 5.32 Å². The van der Waals surface area contributed by atoms with E-state index in [1.807, 2.05) is 0 Å². The van der Waals surface area contributed by atoms with Gasteiger partial charge in [-0.2, -0.15) is 0 Å². The van der Waals surface area contributed by atoms with Crippen molar-refractivity contribution in [3.8, 4) is 0 Å². The lowest BCUT2D eigenvalue weighted by atomic mass is 9.75. The number of carbonyl (C=O) groups is 1. The molecule has 1 unspecified atom stereocenters. The first-order chi connectivity index (χ1) is 8.87. The summed E-state index contributed by atoms with van der Waals surface area (Å²) in [6, 6.07) is 4.67. The summed E-state index contributed by atoms with van der Waals surface area (Å²) < 4.78 is 14.4. The van der Waals surface area contributed by atoms with E-state index >= 15 is 0 Å². The molecule has 0 aromatic heterocycles. The van der Waals surface area contributed by atoms with Crippen LogP contribution in [0, 0.1) is 11.2 Å². The fourth-order valence-electron chi connectivity index (χ4n) is 2.76. The van der Waals surface area contributed by atoms with Crippen LogP contribution < -0.4 is 5.32 Å². The van der Waals surface area contributed by atoms with E-state index in [0.29, 0.717) is 4.47 Å². The number of nitrogens with one attached hydrogen (secondary N) is 1. The van der Waals surface area contributed by atoms with Crippen LogP contribution >= 0.6 is 15.9 Å². The molecule has 0 spiro atoms. The molecule has 104 valence electrons. The first-order valence-corrected chi connectivity index (χ1v) is 7.43. The number of hydrogen-bond acceptors (Lipinski definition) is 1. The Balaban J connectivity index is 2.04. The second-order valence-corrected chi connectivity index (χ2v) is 6.97. The van der Waals surface area contributed by atoms with Gasteiger partial charge in [0.25, 0.3) is 5.91 Å². The van der Waals surface area contributed by atoms with E-state index in [9.17, 15) is 9.18 Å². The molecule has 1 fully saturated rings. The summed E-state index contributed by atoms with van der Waals surface area (Å²) in [5.41, 5.74) is 0.376. The van der Waals surface area contributed by atoms with Crippen molar-refractivity contribution in [2.45, 2.75) is 45.6 Å². The molecule has 1 N–H and O–H groups in total. The molecule has 1 amide bonds. The summed E-state index contributed by atoms with van der Waals surface area (Å²) in [7, 11) is 0. The van der Waals surface area contributed by atoms with E-state index < -0.39 is 5.82 Å². The molecule has 0 bridgehead atoms. The monoisotopic (exact) mass is 327 g/mol. The highest BCUT2D eigenvalue weighted by Gasteiger charge is 2.29. The van der Waals surface area contributed by atoms with Crippen molar-refractivity contribution in [2.24, 2.45) is 5.41 Å². The normalized spacial score (nSPS) is 22.0. The molecule has 1 aliphatic rings. The highest BCUT2D eigenvalue weighted by molar-refractivity contribution is 9.10. The van der Waals surface area contributed by atoms with Gasteiger partial charge in [0, 0.05) is 10.5 Å². The van der Waals surface area contributed by atoms with Gasteiger partial charge < -0.3 is 5.32 Å². The number of amides is 1. The van der Waals surface area contributed by atoms with Gasteiger partial charge in [-0.15, -0.1) is 0 Å². The maximum Gasteiger partial charge on any atom is 0.254 e. The van der Waals surface area contributed by atoms with Crippen molar-refractivity contribution >= 4 is 21.8 Å². The third-order valence-corrected chi connectivity index (χ3v) is 4.21. The second kappa shape index (κ2) is 5.61. The van der Waals surface area contributed by atoms with Gasteiger partial charge in [0.15, 0.2) is 0 Å². The van der Waals surface area contributed by atoms with Crippen LogP contribution in [0.15, 0.2) is 22.7 Å². The maximum atomic E-state index is 13.7. The molecular formula is C15H19BrFNO. The van der Waals surface area contributed by atoms with Gasteiger partial charge in [-0.1, -0.05) is 36.2 Å².